The molecule has 1 heterocycles. The van der Waals surface area contributed by atoms with Crippen LogP contribution in [0.1, 0.15) is 18.1 Å². The summed E-state index contributed by atoms with van der Waals surface area (Å²) in [6, 6.07) is 17.5. The first-order chi connectivity index (χ1) is 13.5. The van der Waals surface area contributed by atoms with Gasteiger partial charge in [-0.2, -0.15) is 0 Å². The van der Waals surface area contributed by atoms with Gasteiger partial charge < -0.3 is 19.5 Å². The first-order valence-electron chi connectivity index (χ1n) is 8.93. The van der Waals surface area contributed by atoms with E-state index in [1.165, 1.54) is 0 Å². The number of ether oxygens (including phenoxy) is 3. The van der Waals surface area contributed by atoms with Crippen LogP contribution in [0.4, 0.5) is 4.79 Å². The number of hydrogen-bond donors (Lipinski definition) is 1. The third-order valence-electron chi connectivity index (χ3n) is 4.42. The average molecular weight is 383 g/mol. The molecule has 0 aromatic heterocycles. The van der Waals surface area contributed by atoms with Crippen LogP contribution in [0.2, 0.25) is 0 Å². The SMILES string of the molecule is C[C@@H](OC(=O)OCc1ccccc1)C1C(=O)NC1C(=O)OCc1ccccc1. The Hall–Kier alpha value is -3.35. The van der Waals surface area contributed by atoms with Crippen LogP contribution in [0.3, 0.4) is 0 Å². The number of amides is 1. The fraction of sp³-hybridized carbons (Fsp3) is 0.286. The van der Waals surface area contributed by atoms with Crippen molar-refractivity contribution in [3.8, 4) is 0 Å². The van der Waals surface area contributed by atoms with Gasteiger partial charge in [-0.1, -0.05) is 60.7 Å². The maximum atomic E-state index is 12.2. The smallest absolute Gasteiger partial charge is 0.459 e. The molecule has 0 bridgehead atoms. The van der Waals surface area contributed by atoms with Gasteiger partial charge in [-0.3, -0.25) is 4.79 Å². The van der Waals surface area contributed by atoms with Crippen LogP contribution >= 0.6 is 0 Å². The minimum Gasteiger partial charge on any atom is -0.459 e. The van der Waals surface area contributed by atoms with Crippen molar-refractivity contribution in [2.75, 3.05) is 0 Å². The van der Waals surface area contributed by atoms with Gasteiger partial charge in [0, 0.05) is 0 Å². The average Bonchev–Trinajstić information content (AvgIpc) is 2.70. The highest BCUT2D eigenvalue weighted by Crippen LogP contribution is 2.23. The Kier molecular flexibility index (Phi) is 6.26. The van der Waals surface area contributed by atoms with Gasteiger partial charge in [0.25, 0.3) is 0 Å². The third-order valence-corrected chi connectivity index (χ3v) is 4.42. The topological polar surface area (TPSA) is 90.9 Å². The Balaban J connectivity index is 1.47. The molecule has 28 heavy (non-hydrogen) atoms. The van der Waals surface area contributed by atoms with Gasteiger partial charge in [-0.05, 0) is 18.1 Å². The van der Waals surface area contributed by atoms with Crippen LogP contribution in [-0.2, 0) is 37.0 Å². The Bertz CT molecular complexity index is 823. The second-order valence-corrected chi connectivity index (χ2v) is 6.45. The second-order valence-electron chi connectivity index (χ2n) is 6.45. The normalized spacial score (nSPS) is 19.0. The predicted molar refractivity (Wildman–Crippen MR) is 98.8 cm³/mol. The molecule has 146 valence electrons. The summed E-state index contributed by atoms with van der Waals surface area (Å²) in [6.45, 7) is 1.71. The zero-order valence-corrected chi connectivity index (χ0v) is 15.4. The molecule has 2 aromatic carbocycles. The number of β-lactam (4-membered cyclic amide) rings is 1. The monoisotopic (exact) mass is 383 g/mol. The van der Waals surface area contributed by atoms with E-state index in [1.54, 1.807) is 6.92 Å². The highest BCUT2D eigenvalue weighted by Gasteiger charge is 2.49. The molecule has 1 N–H and O–H groups in total. The van der Waals surface area contributed by atoms with Gasteiger partial charge >= 0.3 is 12.1 Å². The number of hydrogen-bond acceptors (Lipinski definition) is 6. The number of esters is 1. The Morgan fingerprint density at radius 3 is 2.00 bits per heavy atom. The maximum absolute atomic E-state index is 12.2. The Morgan fingerprint density at radius 2 is 1.46 bits per heavy atom. The summed E-state index contributed by atoms with van der Waals surface area (Å²) >= 11 is 0. The molecule has 2 aromatic rings. The van der Waals surface area contributed by atoms with Gasteiger partial charge in [-0.15, -0.1) is 0 Å². The minimum atomic E-state index is -0.896. The molecular formula is C21H21NO6. The predicted octanol–water partition coefficient (Wildman–Crippen LogP) is 2.59. The molecule has 0 saturated carbocycles. The first kappa shape index (κ1) is 19.4. The summed E-state index contributed by atoms with van der Waals surface area (Å²) in [7, 11) is 0. The van der Waals surface area contributed by atoms with Crippen molar-refractivity contribution in [1.29, 1.82) is 0 Å². The van der Waals surface area contributed by atoms with Crippen LogP contribution in [0, 0.1) is 5.92 Å². The van der Waals surface area contributed by atoms with Crippen molar-refractivity contribution < 1.29 is 28.6 Å². The number of carbonyl (C=O) groups excluding carboxylic acids is 3. The molecule has 1 fully saturated rings. The number of carbonyl (C=O) groups is 3. The maximum Gasteiger partial charge on any atom is 0.508 e. The fourth-order valence-electron chi connectivity index (χ4n) is 2.88. The second kappa shape index (κ2) is 9.03. The number of benzene rings is 2. The third kappa shape index (κ3) is 4.88. The molecule has 2 unspecified atom stereocenters. The molecule has 3 atom stereocenters. The van der Waals surface area contributed by atoms with Gasteiger partial charge in [0.1, 0.15) is 31.3 Å². The quantitative estimate of drug-likeness (QED) is 0.584. The molecule has 1 amide bonds. The van der Waals surface area contributed by atoms with Gasteiger partial charge in [0.05, 0.1) is 0 Å². The summed E-state index contributed by atoms with van der Waals surface area (Å²) in [5.74, 6) is -1.75. The van der Waals surface area contributed by atoms with E-state index in [1.807, 2.05) is 60.7 Å². The highest BCUT2D eigenvalue weighted by atomic mass is 16.7. The summed E-state index contributed by atoms with van der Waals surface area (Å²) < 4.78 is 15.5. The van der Waals surface area contributed by atoms with Gasteiger partial charge in [0.15, 0.2) is 0 Å². The summed E-state index contributed by atoms with van der Waals surface area (Å²) in [5.41, 5.74) is 1.66. The van der Waals surface area contributed by atoms with Crippen LogP contribution in [-0.4, -0.2) is 30.2 Å². The van der Waals surface area contributed by atoms with Crippen molar-refractivity contribution in [2.24, 2.45) is 5.92 Å². The molecule has 1 aliphatic heterocycles. The lowest BCUT2D eigenvalue weighted by Crippen LogP contribution is -2.66. The van der Waals surface area contributed by atoms with E-state index in [2.05, 4.69) is 5.32 Å². The van der Waals surface area contributed by atoms with Crippen LogP contribution < -0.4 is 5.32 Å². The van der Waals surface area contributed by atoms with E-state index >= 15 is 0 Å². The van der Waals surface area contributed by atoms with Gasteiger partial charge in [-0.25, -0.2) is 9.59 Å². The molecule has 0 aliphatic carbocycles. The van der Waals surface area contributed by atoms with E-state index in [0.29, 0.717) is 0 Å². The standard InChI is InChI=1S/C21H21NO6/c1-14(28-21(25)27-13-16-10-6-3-7-11-16)17-18(22-19(17)23)20(24)26-12-15-8-4-2-5-9-15/h2-11,14,17-18H,12-13H2,1H3,(H,22,23)/t14-,17?,18?/m1/s1. The molecule has 7 nitrogen and oxygen atoms in total. The zero-order valence-electron chi connectivity index (χ0n) is 15.4. The molecule has 3 rings (SSSR count). The summed E-state index contributed by atoms with van der Waals surface area (Å²) in [4.78, 5) is 36.0. The van der Waals surface area contributed by atoms with Crippen molar-refractivity contribution in [1.82, 2.24) is 5.32 Å². The van der Waals surface area contributed by atoms with Crippen LogP contribution in [0.15, 0.2) is 60.7 Å². The summed E-state index contributed by atoms with van der Waals surface area (Å²) in [5, 5.41) is 2.50. The molecule has 0 spiro atoms. The van der Waals surface area contributed by atoms with E-state index in [9.17, 15) is 14.4 Å². The van der Waals surface area contributed by atoms with Gasteiger partial charge in [0.2, 0.25) is 5.91 Å². The lowest BCUT2D eigenvalue weighted by molar-refractivity contribution is -0.163. The molecule has 1 saturated heterocycles. The van der Waals surface area contributed by atoms with E-state index in [-0.39, 0.29) is 19.1 Å². The minimum absolute atomic E-state index is 0.0613. The first-order valence-corrected chi connectivity index (χ1v) is 8.93. The number of rotatable bonds is 7. The van der Waals surface area contributed by atoms with E-state index < -0.39 is 30.2 Å². The molecule has 0 radical (unpaired) electrons. The zero-order chi connectivity index (χ0) is 19.9. The summed E-state index contributed by atoms with van der Waals surface area (Å²) in [6.07, 6.45) is -1.72. The lowest BCUT2D eigenvalue weighted by atomic mass is 9.86. The van der Waals surface area contributed by atoms with Crippen LogP contribution in [0.5, 0.6) is 0 Å². The van der Waals surface area contributed by atoms with E-state index in [4.69, 9.17) is 14.2 Å². The molecule has 1 aliphatic rings. The Labute approximate surface area is 162 Å². The number of nitrogens with one attached hydrogen (secondary N) is 1. The Morgan fingerprint density at radius 1 is 0.929 bits per heavy atom. The van der Waals surface area contributed by atoms with E-state index in [0.717, 1.165) is 11.1 Å². The molecule has 7 heteroatoms. The van der Waals surface area contributed by atoms with Crippen molar-refractivity contribution >= 4 is 18.0 Å². The van der Waals surface area contributed by atoms with Crippen LogP contribution in [0.25, 0.3) is 0 Å². The van der Waals surface area contributed by atoms with Crippen molar-refractivity contribution in [2.45, 2.75) is 32.3 Å². The fourth-order valence-corrected chi connectivity index (χ4v) is 2.88. The van der Waals surface area contributed by atoms with Crippen molar-refractivity contribution in [3.63, 3.8) is 0 Å². The highest BCUT2D eigenvalue weighted by molar-refractivity contribution is 5.97. The lowest BCUT2D eigenvalue weighted by Gasteiger charge is -2.37. The largest absolute Gasteiger partial charge is 0.508 e. The molecular weight excluding hydrogens is 362 g/mol. The van der Waals surface area contributed by atoms with Crippen molar-refractivity contribution in [3.05, 3.63) is 71.8 Å².